The summed E-state index contributed by atoms with van der Waals surface area (Å²) in [6, 6.07) is 18.8. The van der Waals surface area contributed by atoms with Crippen molar-refractivity contribution >= 4 is 27.4 Å². The van der Waals surface area contributed by atoms with Crippen molar-refractivity contribution in [3.63, 3.8) is 0 Å². The van der Waals surface area contributed by atoms with Crippen LogP contribution in [-0.2, 0) is 0 Å². The van der Waals surface area contributed by atoms with Gasteiger partial charge in [-0.05, 0) is 24.6 Å². The van der Waals surface area contributed by atoms with E-state index in [0.29, 0.717) is 6.61 Å². The van der Waals surface area contributed by atoms with E-state index >= 15 is 0 Å². The first-order chi connectivity index (χ1) is 15.3. The number of ether oxygens (including phenoxy) is 1. The Bertz CT molecular complexity index is 1140. The second-order valence-electron chi connectivity index (χ2n) is 7.88. The number of hydrogen-bond donors (Lipinski definition) is 0. The first-order valence-electron chi connectivity index (χ1n) is 10.7. The molecule has 0 spiro atoms. The molecule has 1 fully saturated rings. The zero-order chi connectivity index (χ0) is 21.0. The molecule has 3 heterocycles. The summed E-state index contributed by atoms with van der Waals surface area (Å²) < 4.78 is 5.91. The van der Waals surface area contributed by atoms with Crippen LogP contribution in [0.2, 0.25) is 0 Å². The number of piperazine rings is 1. The second kappa shape index (κ2) is 9.04. The lowest BCUT2D eigenvalue weighted by molar-refractivity contribution is 0.200. The summed E-state index contributed by atoms with van der Waals surface area (Å²) in [5.74, 6) is 2.00. The van der Waals surface area contributed by atoms with Crippen molar-refractivity contribution in [3.05, 3.63) is 71.9 Å². The first kappa shape index (κ1) is 20.0. The number of anilines is 1. The molecule has 2 aromatic heterocycles. The van der Waals surface area contributed by atoms with Crippen LogP contribution in [0.5, 0.6) is 5.75 Å². The largest absolute Gasteiger partial charge is 0.492 e. The van der Waals surface area contributed by atoms with Crippen molar-refractivity contribution in [3.8, 4) is 16.9 Å². The van der Waals surface area contributed by atoms with E-state index in [0.717, 1.165) is 49.1 Å². The van der Waals surface area contributed by atoms with Gasteiger partial charge in [0, 0.05) is 43.7 Å². The smallest absolute Gasteiger partial charge is 0.141 e. The molecule has 0 N–H and O–H groups in total. The molecule has 0 aliphatic carbocycles. The third kappa shape index (κ3) is 4.40. The van der Waals surface area contributed by atoms with Crippen LogP contribution in [0.4, 0.5) is 5.82 Å². The quantitative estimate of drug-likeness (QED) is 0.437. The Kier molecular flexibility index (Phi) is 5.82. The first-order valence-corrected chi connectivity index (χ1v) is 11.6. The highest BCUT2D eigenvalue weighted by Gasteiger charge is 2.22. The molecular formula is C25H26N4OS. The number of benzene rings is 2. The van der Waals surface area contributed by atoms with Gasteiger partial charge in [-0.3, -0.25) is 4.90 Å². The van der Waals surface area contributed by atoms with Gasteiger partial charge >= 0.3 is 0 Å². The highest BCUT2D eigenvalue weighted by Crippen LogP contribution is 2.37. The molecule has 158 valence electrons. The minimum Gasteiger partial charge on any atom is -0.492 e. The van der Waals surface area contributed by atoms with E-state index < -0.39 is 0 Å². The number of thiophene rings is 1. The van der Waals surface area contributed by atoms with E-state index in [9.17, 15) is 0 Å². The number of aromatic nitrogens is 2. The number of nitrogens with zero attached hydrogens (tertiary/aromatic N) is 4. The third-order valence-corrected chi connectivity index (χ3v) is 6.69. The van der Waals surface area contributed by atoms with Crippen LogP contribution >= 0.6 is 11.3 Å². The van der Waals surface area contributed by atoms with E-state index in [1.54, 1.807) is 17.7 Å². The van der Waals surface area contributed by atoms with Gasteiger partial charge in [-0.2, -0.15) is 0 Å². The lowest BCUT2D eigenvalue weighted by Crippen LogP contribution is -2.47. The standard InChI is InChI=1S/C25H26N4OS/c1-19-7-9-21(10-8-19)30-16-15-28-11-13-29(14-12-28)24-23-22(20-5-3-2-4-6-20)17-31-25(23)27-18-26-24/h2-10,17-18H,11-16H2,1H3. The maximum atomic E-state index is 5.91. The van der Waals surface area contributed by atoms with E-state index in [-0.39, 0.29) is 0 Å². The maximum absolute atomic E-state index is 5.91. The lowest BCUT2D eigenvalue weighted by Gasteiger charge is -2.35. The van der Waals surface area contributed by atoms with Crippen molar-refractivity contribution in [2.24, 2.45) is 0 Å². The highest BCUT2D eigenvalue weighted by molar-refractivity contribution is 7.17. The summed E-state index contributed by atoms with van der Waals surface area (Å²) in [5, 5.41) is 3.38. The Morgan fingerprint density at radius 1 is 0.935 bits per heavy atom. The number of aryl methyl sites for hydroxylation is 1. The Labute approximate surface area is 186 Å². The normalized spacial score (nSPS) is 14.8. The summed E-state index contributed by atoms with van der Waals surface area (Å²) in [7, 11) is 0. The van der Waals surface area contributed by atoms with Crippen LogP contribution < -0.4 is 9.64 Å². The van der Waals surface area contributed by atoms with Gasteiger partial charge in [0.05, 0.1) is 5.39 Å². The van der Waals surface area contributed by atoms with E-state index in [1.807, 2.05) is 12.1 Å². The van der Waals surface area contributed by atoms with Crippen LogP contribution in [0.25, 0.3) is 21.3 Å². The van der Waals surface area contributed by atoms with Crippen molar-refractivity contribution in [2.75, 3.05) is 44.2 Å². The molecule has 2 aromatic carbocycles. The van der Waals surface area contributed by atoms with Gasteiger partial charge in [0.1, 0.15) is 29.3 Å². The zero-order valence-electron chi connectivity index (χ0n) is 17.7. The molecule has 1 saturated heterocycles. The molecule has 6 heteroatoms. The topological polar surface area (TPSA) is 41.5 Å². The minimum absolute atomic E-state index is 0.712. The summed E-state index contributed by atoms with van der Waals surface area (Å²) in [4.78, 5) is 15.2. The molecule has 4 aromatic rings. The van der Waals surface area contributed by atoms with E-state index in [1.165, 1.54) is 22.1 Å². The molecule has 5 nitrogen and oxygen atoms in total. The van der Waals surface area contributed by atoms with E-state index in [2.05, 4.69) is 69.6 Å². The average Bonchev–Trinajstić information content (AvgIpc) is 3.26. The molecule has 0 bridgehead atoms. The van der Waals surface area contributed by atoms with Crippen molar-refractivity contribution in [1.29, 1.82) is 0 Å². The number of fused-ring (bicyclic) bond motifs is 1. The molecule has 1 aliphatic rings. The Morgan fingerprint density at radius 3 is 2.48 bits per heavy atom. The number of rotatable bonds is 6. The maximum Gasteiger partial charge on any atom is 0.141 e. The molecule has 31 heavy (non-hydrogen) atoms. The highest BCUT2D eigenvalue weighted by atomic mass is 32.1. The Balaban J connectivity index is 1.24. The summed E-state index contributed by atoms with van der Waals surface area (Å²) in [5.41, 5.74) is 3.70. The fourth-order valence-electron chi connectivity index (χ4n) is 4.04. The van der Waals surface area contributed by atoms with Crippen LogP contribution in [0.3, 0.4) is 0 Å². The van der Waals surface area contributed by atoms with Crippen molar-refractivity contribution in [2.45, 2.75) is 6.92 Å². The summed E-state index contributed by atoms with van der Waals surface area (Å²) in [6.07, 6.45) is 1.70. The Morgan fingerprint density at radius 2 is 1.71 bits per heavy atom. The average molecular weight is 431 g/mol. The third-order valence-electron chi connectivity index (χ3n) is 5.80. The van der Waals surface area contributed by atoms with Gasteiger partial charge < -0.3 is 9.64 Å². The molecule has 0 radical (unpaired) electrons. The molecular weight excluding hydrogens is 404 g/mol. The monoisotopic (exact) mass is 430 g/mol. The molecule has 0 amide bonds. The minimum atomic E-state index is 0.712. The second-order valence-corrected chi connectivity index (χ2v) is 8.74. The SMILES string of the molecule is Cc1ccc(OCCN2CCN(c3ncnc4scc(-c5ccccc5)c34)CC2)cc1. The van der Waals surface area contributed by atoms with Gasteiger partial charge in [-0.1, -0.05) is 48.0 Å². The van der Waals surface area contributed by atoms with Crippen LogP contribution in [0.15, 0.2) is 66.3 Å². The number of hydrogen-bond acceptors (Lipinski definition) is 6. The predicted octanol–water partition coefficient (Wildman–Crippen LogP) is 4.87. The molecule has 0 atom stereocenters. The van der Waals surface area contributed by atoms with Gasteiger partial charge in [0.15, 0.2) is 0 Å². The molecule has 1 aliphatic heterocycles. The van der Waals surface area contributed by atoms with E-state index in [4.69, 9.17) is 9.72 Å². The molecule has 5 rings (SSSR count). The van der Waals surface area contributed by atoms with Gasteiger partial charge in [0.25, 0.3) is 0 Å². The fourth-order valence-corrected chi connectivity index (χ4v) is 4.95. The van der Waals surface area contributed by atoms with Crippen LogP contribution in [0, 0.1) is 6.92 Å². The molecule has 0 saturated carbocycles. The zero-order valence-corrected chi connectivity index (χ0v) is 18.5. The van der Waals surface area contributed by atoms with Gasteiger partial charge in [0.2, 0.25) is 0 Å². The fraction of sp³-hybridized carbons (Fsp3) is 0.280. The van der Waals surface area contributed by atoms with Gasteiger partial charge in [-0.15, -0.1) is 11.3 Å². The van der Waals surface area contributed by atoms with Crippen LogP contribution in [-0.4, -0.2) is 54.2 Å². The predicted molar refractivity (Wildman–Crippen MR) is 128 cm³/mol. The Hall–Kier alpha value is -2.96. The summed E-state index contributed by atoms with van der Waals surface area (Å²) >= 11 is 1.69. The summed E-state index contributed by atoms with van der Waals surface area (Å²) in [6.45, 7) is 7.67. The van der Waals surface area contributed by atoms with Crippen molar-refractivity contribution < 1.29 is 4.74 Å². The molecule has 0 unspecified atom stereocenters. The van der Waals surface area contributed by atoms with Crippen LogP contribution in [0.1, 0.15) is 5.56 Å². The lowest BCUT2D eigenvalue weighted by atomic mass is 10.1. The van der Waals surface area contributed by atoms with Crippen molar-refractivity contribution in [1.82, 2.24) is 14.9 Å². The van der Waals surface area contributed by atoms with Gasteiger partial charge in [-0.25, -0.2) is 9.97 Å².